The molecule has 1 heterocycles. The van der Waals surface area contributed by atoms with Gasteiger partial charge in [-0.2, -0.15) is 0 Å². The van der Waals surface area contributed by atoms with Crippen molar-refractivity contribution in [2.75, 3.05) is 20.3 Å². The number of hydrogen-bond donors (Lipinski definition) is 2. The Morgan fingerprint density at radius 2 is 1.73 bits per heavy atom. The third-order valence-electron chi connectivity index (χ3n) is 4.02. The van der Waals surface area contributed by atoms with Crippen molar-refractivity contribution in [3.05, 3.63) is 59.2 Å². The molecule has 0 saturated heterocycles. The number of carbonyl (C=O) groups is 1. The first-order chi connectivity index (χ1) is 12.5. The zero-order valence-corrected chi connectivity index (χ0v) is 15.1. The van der Waals surface area contributed by atoms with Gasteiger partial charge < -0.3 is 14.8 Å². The second-order valence-electron chi connectivity index (χ2n) is 5.77. The van der Waals surface area contributed by atoms with Crippen molar-refractivity contribution in [2.45, 2.75) is 12.3 Å². The van der Waals surface area contributed by atoms with Crippen molar-refractivity contribution in [3.8, 4) is 11.5 Å². The molecule has 0 bridgehead atoms. The van der Waals surface area contributed by atoms with E-state index in [0.717, 1.165) is 5.56 Å². The number of hydrogen-bond acceptors (Lipinski definition) is 5. The molecule has 0 saturated carbocycles. The van der Waals surface area contributed by atoms with Gasteiger partial charge in [0, 0.05) is 12.1 Å². The molecule has 0 aromatic heterocycles. The molecule has 0 radical (unpaired) electrons. The first-order valence-corrected chi connectivity index (χ1v) is 9.79. The Morgan fingerprint density at radius 1 is 1.04 bits per heavy atom. The van der Waals surface area contributed by atoms with Crippen LogP contribution in [0.5, 0.6) is 11.5 Å². The van der Waals surface area contributed by atoms with Crippen LogP contribution in [0.25, 0.3) is 0 Å². The maximum atomic E-state index is 12.4. The number of sulfonamides is 1. The molecule has 0 atom stereocenters. The molecular weight excluding hydrogens is 356 g/mol. The molecule has 0 spiro atoms. The summed E-state index contributed by atoms with van der Waals surface area (Å²) in [5.74, 6) is 0.757. The second-order valence-corrected chi connectivity index (χ2v) is 7.70. The predicted molar refractivity (Wildman–Crippen MR) is 96.7 cm³/mol. The molecule has 1 amide bonds. The predicted octanol–water partition coefficient (Wildman–Crippen LogP) is 1.44. The topological polar surface area (TPSA) is 93.7 Å². The SMILES string of the molecule is CNS(=O)(=O)Cc1ccccc1CNC(=O)c1ccc2c(c1)OCCO2. The van der Waals surface area contributed by atoms with Gasteiger partial charge >= 0.3 is 0 Å². The molecule has 0 unspecified atom stereocenters. The lowest BCUT2D eigenvalue weighted by Crippen LogP contribution is -2.25. The van der Waals surface area contributed by atoms with E-state index < -0.39 is 10.0 Å². The Kier molecular flexibility index (Phi) is 5.43. The van der Waals surface area contributed by atoms with E-state index >= 15 is 0 Å². The molecule has 3 rings (SSSR count). The molecule has 8 heteroatoms. The minimum absolute atomic E-state index is 0.139. The lowest BCUT2D eigenvalue weighted by atomic mass is 10.1. The monoisotopic (exact) mass is 376 g/mol. The van der Waals surface area contributed by atoms with E-state index in [0.29, 0.717) is 35.8 Å². The number of fused-ring (bicyclic) bond motifs is 1. The van der Waals surface area contributed by atoms with Gasteiger partial charge in [0.2, 0.25) is 10.0 Å². The highest BCUT2D eigenvalue weighted by atomic mass is 32.2. The van der Waals surface area contributed by atoms with Gasteiger partial charge in [0.15, 0.2) is 11.5 Å². The van der Waals surface area contributed by atoms with Gasteiger partial charge in [0.05, 0.1) is 5.75 Å². The maximum Gasteiger partial charge on any atom is 0.251 e. The van der Waals surface area contributed by atoms with E-state index in [4.69, 9.17) is 9.47 Å². The Hall–Kier alpha value is -2.58. The Balaban J connectivity index is 1.70. The van der Waals surface area contributed by atoms with E-state index in [1.54, 1.807) is 42.5 Å². The van der Waals surface area contributed by atoms with Crippen molar-refractivity contribution in [3.63, 3.8) is 0 Å². The van der Waals surface area contributed by atoms with Crippen LogP contribution in [0.1, 0.15) is 21.5 Å². The third kappa shape index (κ3) is 4.33. The zero-order valence-electron chi connectivity index (χ0n) is 14.3. The highest BCUT2D eigenvalue weighted by molar-refractivity contribution is 7.88. The Labute approximate surface area is 152 Å². The maximum absolute atomic E-state index is 12.4. The van der Waals surface area contributed by atoms with E-state index in [1.165, 1.54) is 7.05 Å². The summed E-state index contributed by atoms with van der Waals surface area (Å²) in [4.78, 5) is 12.4. The number of rotatable bonds is 6. The average Bonchev–Trinajstić information content (AvgIpc) is 2.66. The lowest BCUT2D eigenvalue weighted by Gasteiger charge is -2.18. The summed E-state index contributed by atoms with van der Waals surface area (Å²) in [6.45, 7) is 1.17. The normalized spacial score (nSPS) is 13.3. The van der Waals surface area contributed by atoms with E-state index in [2.05, 4.69) is 10.0 Å². The Bertz CT molecular complexity index is 912. The molecule has 0 fully saturated rings. The van der Waals surface area contributed by atoms with Crippen LogP contribution in [0.4, 0.5) is 0 Å². The van der Waals surface area contributed by atoms with Crippen LogP contribution in [0.2, 0.25) is 0 Å². The molecule has 1 aliphatic rings. The minimum Gasteiger partial charge on any atom is -0.486 e. The summed E-state index contributed by atoms with van der Waals surface area (Å²) < 4.78 is 36.8. The fourth-order valence-electron chi connectivity index (χ4n) is 2.61. The minimum atomic E-state index is -3.39. The van der Waals surface area contributed by atoms with E-state index in [1.807, 2.05) is 0 Å². The fourth-order valence-corrected chi connectivity index (χ4v) is 3.45. The van der Waals surface area contributed by atoms with Crippen molar-refractivity contribution >= 4 is 15.9 Å². The number of amides is 1. The summed E-state index contributed by atoms with van der Waals surface area (Å²) in [7, 11) is -2.01. The van der Waals surface area contributed by atoms with Gasteiger partial charge in [-0.15, -0.1) is 0 Å². The van der Waals surface area contributed by atoms with Crippen LogP contribution in [-0.4, -0.2) is 34.6 Å². The van der Waals surface area contributed by atoms with Crippen molar-refractivity contribution < 1.29 is 22.7 Å². The highest BCUT2D eigenvalue weighted by Gasteiger charge is 2.16. The van der Waals surface area contributed by atoms with Crippen LogP contribution >= 0.6 is 0 Å². The molecule has 2 aromatic carbocycles. The smallest absolute Gasteiger partial charge is 0.251 e. The first kappa shape index (κ1) is 18.2. The molecule has 2 aromatic rings. The summed E-state index contributed by atoms with van der Waals surface area (Å²) in [5.41, 5.74) is 1.84. The molecule has 7 nitrogen and oxygen atoms in total. The lowest BCUT2D eigenvalue weighted by molar-refractivity contribution is 0.0949. The fraction of sp³-hybridized carbons (Fsp3) is 0.278. The Morgan fingerprint density at radius 3 is 2.46 bits per heavy atom. The summed E-state index contributed by atoms with van der Waals surface area (Å²) >= 11 is 0. The highest BCUT2D eigenvalue weighted by Crippen LogP contribution is 2.30. The van der Waals surface area contributed by atoms with Crippen LogP contribution in [-0.2, 0) is 22.3 Å². The van der Waals surface area contributed by atoms with Crippen LogP contribution in [0, 0.1) is 0 Å². The molecular formula is C18H20N2O5S. The summed E-state index contributed by atoms with van der Waals surface area (Å²) in [6.07, 6.45) is 0. The standard InChI is InChI=1S/C18H20N2O5S/c1-19-26(22,23)12-15-5-3-2-4-14(15)11-20-18(21)13-6-7-16-17(10-13)25-9-8-24-16/h2-7,10,19H,8-9,11-12H2,1H3,(H,20,21). The molecule has 138 valence electrons. The number of benzene rings is 2. The number of ether oxygens (including phenoxy) is 2. The third-order valence-corrected chi connectivity index (χ3v) is 5.33. The van der Waals surface area contributed by atoms with Crippen molar-refractivity contribution in [1.29, 1.82) is 0 Å². The van der Waals surface area contributed by atoms with Crippen LogP contribution in [0.3, 0.4) is 0 Å². The van der Waals surface area contributed by atoms with Gasteiger partial charge in [0.25, 0.3) is 5.91 Å². The second kappa shape index (κ2) is 7.76. The van der Waals surface area contributed by atoms with E-state index in [9.17, 15) is 13.2 Å². The molecule has 2 N–H and O–H groups in total. The quantitative estimate of drug-likeness (QED) is 0.796. The van der Waals surface area contributed by atoms with Crippen LogP contribution in [0.15, 0.2) is 42.5 Å². The summed E-state index contributed by atoms with van der Waals surface area (Å²) in [6, 6.07) is 12.1. The zero-order chi connectivity index (χ0) is 18.6. The van der Waals surface area contributed by atoms with E-state index in [-0.39, 0.29) is 18.2 Å². The number of carbonyl (C=O) groups excluding carboxylic acids is 1. The molecule has 1 aliphatic heterocycles. The van der Waals surface area contributed by atoms with Crippen molar-refractivity contribution in [2.24, 2.45) is 0 Å². The molecule has 26 heavy (non-hydrogen) atoms. The number of nitrogens with one attached hydrogen (secondary N) is 2. The summed E-state index contributed by atoms with van der Waals surface area (Å²) in [5, 5.41) is 2.82. The average molecular weight is 376 g/mol. The van der Waals surface area contributed by atoms with Gasteiger partial charge in [0.1, 0.15) is 13.2 Å². The van der Waals surface area contributed by atoms with Gasteiger partial charge in [-0.05, 0) is 36.4 Å². The van der Waals surface area contributed by atoms with Gasteiger partial charge in [-0.1, -0.05) is 24.3 Å². The van der Waals surface area contributed by atoms with Crippen molar-refractivity contribution in [1.82, 2.24) is 10.0 Å². The van der Waals surface area contributed by atoms with Gasteiger partial charge in [-0.25, -0.2) is 13.1 Å². The first-order valence-electron chi connectivity index (χ1n) is 8.14. The van der Waals surface area contributed by atoms with Gasteiger partial charge in [-0.3, -0.25) is 4.79 Å². The van der Waals surface area contributed by atoms with Crippen LogP contribution < -0.4 is 19.5 Å². The molecule has 0 aliphatic carbocycles. The largest absolute Gasteiger partial charge is 0.486 e.